The van der Waals surface area contributed by atoms with Gasteiger partial charge in [-0.3, -0.25) is 5.43 Å². The van der Waals surface area contributed by atoms with Crippen LogP contribution in [0, 0.1) is 5.41 Å². The maximum atomic E-state index is 12.5. The summed E-state index contributed by atoms with van der Waals surface area (Å²) < 4.78 is 15.0. The molecule has 0 aromatic carbocycles. The molecule has 1 aliphatic heterocycles. The van der Waals surface area contributed by atoms with Gasteiger partial charge < -0.3 is 14.2 Å². The molecule has 0 atom stereocenters. The minimum Gasteiger partial charge on any atom is -0.464 e. The molecular formula is C14H20N2O6. The summed E-state index contributed by atoms with van der Waals surface area (Å²) >= 11 is 0. The van der Waals surface area contributed by atoms with E-state index in [4.69, 9.17) is 14.2 Å². The highest BCUT2D eigenvalue weighted by Gasteiger charge is 2.76. The fourth-order valence-corrected chi connectivity index (χ4v) is 2.75. The second-order valence-electron chi connectivity index (χ2n) is 5.07. The summed E-state index contributed by atoms with van der Waals surface area (Å²) in [4.78, 5) is 37.0. The zero-order chi connectivity index (χ0) is 16.4. The number of hydrogen-bond donors (Lipinski definition) is 1. The maximum Gasteiger partial charge on any atom is 0.355 e. The Balaban J connectivity index is 2.39. The second-order valence-corrected chi connectivity index (χ2v) is 5.07. The maximum absolute atomic E-state index is 12.5. The molecule has 0 amide bonds. The lowest BCUT2D eigenvalue weighted by Gasteiger charge is -2.30. The molecule has 1 fully saturated rings. The number of rotatable bonds is 6. The molecule has 122 valence electrons. The van der Waals surface area contributed by atoms with Gasteiger partial charge in [-0.2, -0.15) is 5.10 Å². The van der Waals surface area contributed by atoms with E-state index >= 15 is 0 Å². The molecule has 2 rings (SSSR count). The van der Waals surface area contributed by atoms with Crippen LogP contribution in [-0.4, -0.2) is 49.0 Å². The van der Waals surface area contributed by atoms with Crippen LogP contribution in [-0.2, 0) is 28.6 Å². The van der Waals surface area contributed by atoms with E-state index in [1.807, 2.05) is 0 Å². The van der Waals surface area contributed by atoms with Crippen LogP contribution < -0.4 is 5.43 Å². The summed E-state index contributed by atoms with van der Waals surface area (Å²) in [6.45, 7) is 5.33. The average Bonchev–Trinajstić information content (AvgIpc) is 3.16. The number of hydrogen-bond acceptors (Lipinski definition) is 8. The van der Waals surface area contributed by atoms with Crippen LogP contribution in [0.3, 0.4) is 0 Å². The zero-order valence-corrected chi connectivity index (χ0v) is 12.9. The van der Waals surface area contributed by atoms with Crippen molar-refractivity contribution < 1.29 is 28.6 Å². The Bertz CT molecular complexity index is 505. The van der Waals surface area contributed by atoms with E-state index in [0.717, 1.165) is 0 Å². The fourth-order valence-electron chi connectivity index (χ4n) is 2.75. The van der Waals surface area contributed by atoms with Gasteiger partial charge in [-0.05, 0) is 33.6 Å². The van der Waals surface area contributed by atoms with E-state index < -0.39 is 28.9 Å². The number of esters is 3. The van der Waals surface area contributed by atoms with Crippen molar-refractivity contribution in [1.29, 1.82) is 0 Å². The topological polar surface area (TPSA) is 103 Å². The van der Waals surface area contributed by atoms with Crippen LogP contribution >= 0.6 is 0 Å². The van der Waals surface area contributed by atoms with Gasteiger partial charge in [0.15, 0.2) is 5.71 Å². The predicted octanol–water partition coefficient (Wildman–Crippen LogP) is 0.154. The monoisotopic (exact) mass is 312 g/mol. The minimum absolute atomic E-state index is 0.0513. The number of ether oxygens (including phenoxy) is 3. The molecule has 1 aliphatic carbocycles. The molecule has 0 saturated heterocycles. The lowest BCUT2D eigenvalue weighted by Crippen LogP contribution is -2.62. The van der Waals surface area contributed by atoms with Gasteiger partial charge in [0.25, 0.3) is 5.54 Å². The van der Waals surface area contributed by atoms with E-state index in [-0.39, 0.29) is 25.5 Å². The first-order valence-electron chi connectivity index (χ1n) is 7.37. The van der Waals surface area contributed by atoms with Gasteiger partial charge in [0.1, 0.15) is 0 Å². The van der Waals surface area contributed by atoms with Crippen molar-refractivity contribution in [2.75, 3.05) is 19.8 Å². The molecule has 8 nitrogen and oxygen atoms in total. The fraction of sp³-hybridized carbons (Fsp3) is 0.714. The third-order valence-electron chi connectivity index (χ3n) is 3.89. The lowest BCUT2D eigenvalue weighted by atomic mass is 9.78. The molecule has 1 heterocycles. The molecule has 0 bridgehead atoms. The normalized spacial score (nSPS) is 19.9. The number of nitrogens with zero attached hydrogens (tertiary/aromatic N) is 1. The largest absolute Gasteiger partial charge is 0.464 e. The van der Waals surface area contributed by atoms with E-state index in [2.05, 4.69) is 10.5 Å². The highest BCUT2D eigenvalue weighted by Crippen LogP contribution is 2.58. The van der Waals surface area contributed by atoms with Crippen molar-refractivity contribution in [2.24, 2.45) is 10.5 Å². The molecule has 0 unspecified atom stereocenters. The Labute approximate surface area is 128 Å². The summed E-state index contributed by atoms with van der Waals surface area (Å²) in [5.41, 5.74) is -0.277. The first-order chi connectivity index (χ1) is 10.5. The molecule has 22 heavy (non-hydrogen) atoms. The highest BCUT2D eigenvalue weighted by atomic mass is 16.6. The minimum atomic E-state index is -1.80. The average molecular weight is 312 g/mol. The third-order valence-corrected chi connectivity index (χ3v) is 3.89. The zero-order valence-electron chi connectivity index (χ0n) is 12.9. The van der Waals surface area contributed by atoms with E-state index in [9.17, 15) is 14.4 Å². The molecule has 2 aliphatic rings. The third kappa shape index (κ3) is 2.13. The quantitative estimate of drug-likeness (QED) is 0.423. The summed E-state index contributed by atoms with van der Waals surface area (Å²) in [5.74, 6) is -2.20. The second kappa shape index (κ2) is 5.94. The molecule has 0 radical (unpaired) electrons. The van der Waals surface area contributed by atoms with Crippen molar-refractivity contribution >= 4 is 23.6 Å². The Hall–Kier alpha value is -2.12. The molecule has 1 N–H and O–H groups in total. The smallest absolute Gasteiger partial charge is 0.355 e. The van der Waals surface area contributed by atoms with E-state index in [0.29, 0.717) is 12.8 Å². The SMILES string of the molecule is CCOC(=O)C1=NNC(C(=O)OCC)(C(=O)OCC)C12CC2. The Kier molecular flexibility index (Phi) is 4.39. The first-order valence-corrected chi connectivity index (χ1v) is 7.37. The number of hydrazone groups is 1. The van der Waals surface area contributed by atoms with Gasteiger partial charge in [-0.15, -0.1) is 0 Å². The molecule has 1 saturated carbocycles. The predicted molar refractivity (Wildman–Crippen MR) is 74.9 cm³/mol. The Morgan fingerprint density at radius 2 is 1.50 bits per heavy atom. The molecule has 0 aromatic rings. The van der Waals surface area contributed by atoms with Crippen LogP contribution in [0.15, 0.2) is 5.10 Å². The van der Waals surface area contributed by atoms with Crippen LogP contribution in [0.2, 0.25) is 0 Å². The summed E-state index contributed by atoms with van der Waals surface area (Å²) in [7, 11) is 0. The van der Waals surface area contributed by atoms with Crippen LogP contribution in [0.4, 0.5) is 0 Å². The first kappa shape index (κ1) is 16.3. The molecule has 0 aromatic heterocycles. The molecule has 8 heteroatoms. The highest BCUT2D eigenvalue weighted by molar-refractivity contribution is 6.42. The van der Waals surface area contributed by atoms with Gasteiger partial charge >= 0.3 is 17.9 Å². The van der Waals surface area contributed by atoms with Crippen LogP contribution in [0.1, 0.15) is 33.6 Å². The molecular weight excluding hydrogens is 292 g/mol. The van der Waals surface area contributed by atoms with Crippen molar-refractivity contribution in [3.8, 4) is 0 Å². The van der Waals surface area contributed by atoms with Gasteiger partial charge in [0, 0.05) is 0 Å². The van der Waals surface area contributed by atoms with Crippen molar-refractivity contribution in [3.63, 3.8) is 0 Å². The van der Waals surface area contributed by atoms with E-state index in [1.54, 1.807) is 20.8 Å². The van der Waals surface area contributed by atoms with Crippen molar-refractivity contribution in [3.05, 3.63) is 0 Å². The van der Waals surface area contributed by atoms with E-state index in [1.165, 1.54) is 0 Å². The van der Waals surface area contributed by atoms with Crippen LogP contribution in [0.5, 0.6) is 0 Å². The van der Waals surface area contributed by atoms with Gasteiger partial charge in [0.05, 0.1) is 25.2 Å². The number of carbonyl (C=O) groups excluding carboxylic acids is 3. The number of carbonyl (C=O) groups is 3. The summed E-state index contributed by atoms with van der Waals surface area (Å²) in [5, 5.41) is 3.92. The number of nitrogens with one attached hydrogen (secondary N) is 1. The Morgan fingerprint density at radius 3 is 1.91 bits per heavy atom. The summed E-state index contributed by atoms with van der Waals surface area (Å²) in [6.07, 6.45) is 0.907. The standard InChI is InChI=1S/C14H20N2O6/c1-4-20-10(17)9-13(7-8-13)14(16-15-9,11(18)21-5-2)12(19)22-6-3/h16H,4-8H2,1-3H3. The van der Waals surface area contributed by atoms with Gasteiger partial charge in [-0.1, -0.05) is 0 Å². The van der Waals surface area contributed by atoms with Crippen LogP contribution in [0.25, 0.3) is 0 Å². The summed E-state index contributed by atoms with van der Waals surface area (Å²) in [6, 6.07) is 0. The molecule has 1 spiro atoms. The van der Waals surface area contributed by atoms with Gasteiger partial charge in [0.2, 0.25) is 0 Å². The van der Waals surface area contributed by atoms with Crippen molar-refractivity contribution in [2.45, 2.75) is 39.2 Å². The lowest BCUT2D eigenvalue weighted by molar-refractivity contribution is -0.168. The Morgan fingerprint density at radius 1 is 1.00 bits per heavy atom. The van der Waals surface area contributed by atoms with Gasteiger partial charge in [-0.25, -0.2) is 14.4 Å². The van der Waals surface area contributed by atoms with Crippen molar-refractivity contribution in [1.82, 2.24) is 5.43 Å².